The first-order chi connectivity index (χ1) is 5.27. The van der Waals surface area contributed by atoms with Crippen molar-refractivity contribution < 1.29 is 0 Å². The van der Waals surface area contributed by atoms with Crippen LogP contribution in [0.25, 0.3) is 0 Å². The fourth-order valence-corrected chi connectivity index (χ4v) is 2.10. The van der Waals surface area contributed by atoms with E-state index in [1.807, 2.05) is 13.1 Å². The Bertz CT molecular complexity index is 252. The number of hydrogen-bond donors (Lipinski definition) is 1. The number of rotatable bonds is 2. The molecule has 0 saturated heterocycles. The van der Waals surface area contributed by atoms with E-state index in [-0.39, 0.29) is 6.04 Å². The molecule has 2 nitrogen and oxygen atoms in total. The van der Waals surface area contributed by atoms with Crippen LogP contribution in [0.5, 0.6) is 0 Å². The summed E-state index contributed by atoms with van der Waals surface area (Å²) in [5.74, 6) is 0.745. The zero-order valence-corrected chi connectivity index (χ0v) is 7.40. The summed E-state index contributed by atoms with van der Waals surface area (Å²) in [4.78, 5) is 5.44. The van der Waals surface area contributed by atoms with Gasteiger partial charge >= 0.3 is 0 Å². The highest BCUT2D eigenvalue weighted by Gasteiger charge is 2.30. The molecular formula is C8H12N2S. The molecule has 1 aliphatic rings. The maximum absolute atomic E-state index is 5.98. The van der Waals surface area contributed by atoms with Gasteiger partial charge in [-0.25, -0.2) is 4.98 Å². The van der Waals surface area contributed by atoms with Crippen LogP contribution in [0.1, 0.15) is 28.8 Å². The molecule has 0 amide bonds. The van der Waals surface area contributed by atoms with Crippen molar-refractivity contribution in [1.82, 2.24) is 4.98 Å². The second-order valence-corrected chi connectivity index (χ2v) is 4.41. The highest BCUT2D eigenvalue weighted by Crippen LogP contribution is 2.40. The number of nitrogens with two attached hydrogens (primary N) is 1. The normalized spacial score (nSPS) is 20.2. The van der Waals surface area contributed by atoms with Gasteiger partial charge in [-0.2, -0.15) is 0 Å². The molecule has 1 heterocycles. The minimum Gasteiger partial charge on any atom is -0.323 e. The van der Waals surface area contributed by atoms with Gasteiger partial charge in [-0.05, 0) is 25.7 Å². The third-order valence-corrected chi connectivity index (χ3v) is 3.11. The highest BCUT2D eigenvalue weighted by atomic mass is 32.1. The monoisotopic (exact) mass is 168 g/mol. The maximum atomic E-state index is 5.98. The van der Waals surface area contributed by atoms with E-state index in [2.05, 4.69) is 4.98 Å². The first-order valence-electron chi connectivity index (χ1n) is 3.95. The second kappa shape index (κ2) is 2.57. The number of aryl methyl sites for hydroxylation is 1. The molecule has 1 aromatic rings. The minimum absolute atomic E-state index is 0.265. The average Bonchev–Trinajstić information content (AvgIpc) is 2.74. The maximum Gasteiger partial charge on any atom is 0.0897 e. The Morgan fingerprint density at radius 3 is 2.91 bits per heavy atom. The standard InChI is InChI=1S/C8H12N2S/c1-5-10-4-7(11-5)8(9)6-2-3-6/h4,6,8H,2-3,9H2,1H3. The smallest absolute Gasteiger partial charge is 0.0897 e. The summed E-state index contributed by atoms with van der Waals surface area (Å²) in [6, 6.07) is 0.265. The fraction of sp³-hybridized carbons (Fsp3) is 0.625. The molecule has 0 bridgehead atoms. The quantitative estimate of drug-likeness (QED) is 0.732. The molecule has 11 heavy (non-hydrogen) atoms. The van der Waals surface area contributed by atoms with Gasteiger partial charge in [0.25, 0.3) is 0 Å². The Kier molecular flexibility index (Phi) is 1.69. The van der Waals surface area contributed by atoms with Crippen LogP contribution in [0.2, 0.25) is 0 Å². The molecule has 0 aliphatic heterocycles. The van der Waals surface area contributed by atoms with E-state index >= 15 is 0 Å². The Balaban J connectivity index is 2.14. The van der Waals surface area contributed by atoms with E-state index in [0.717, 1.165) is 10.9 Å². The van der Waals surface area contributed by atoms with Crippen molar-refractivity contribution >= 4 is 11.3 Å². The summed E-state index contributed by atoms with van der Waals surface area (Å²) in [7, 11) is 0. The molecule has 0 radical (unpaired) electrons. The lowest BCUT2D eigenvalue weighted by Crippen LogP contribution is -2.10. The lowest BCUT2D eigenvalue weighted by atomic mass is 10.2. The van der Waals surface area contributed by atoms with Crippen molar-refractivity contribution in [1.29, 1.82) is 0 Å². The van der Waals surface area contributed by atoms with Gasteiger partial charge in [0, 0.05) is 17.1 Å². The molecule has 1 unspecified atom stereocenters. The van der Waals surface area contributed by atoms with Crippen LogP contribution in [0.4, 0.5) is 0 Å². The average molecular weight is 168 g/mol. The van der Waals surface area contributed by atoms with Crippen LogP contribution in [-0.4, -0.2) is 4.98 Å². The molecule has 1 saturated carbocycles. The van der Waals surface area contributed by atoms with E-state index < -0.39 is 0 Å². The molecule has 60 valence electrons. The lowest BCUT2D eigenvalue weighted by molar-refractivity contribution is 0.643. The van der Waals surface area contributed by atoms with E-state index in [9.17, 15) is 0 Å². The van der Waals surface area contributed by atoms with Gasteiger partial charge in [-0.15, -0.1) is 11.3 Å². The van der Waals surface area contributed by atoms with Crippen molar-refractivity contribution in [3.8, 4) is 0 Å². The Morgan fingerprint density at radius 1 is 1.73 bits per heavy atom. The van der Waals surface area contributed by atoms with E-state index in [1.54, 1.807) is 11.3 Å². The van der Waals surface area contributed by atoms with Crippen molar-refractivity contribution in [2.75, 3.05) is 0 Å². The molecule has 2 N–H and O–H groups in total. The van der Waals surface area contributed by atoms with Crippen LogP contribution in [0.15, 0.2) is 6.20 Å². The largest absolute Gasteiger partial charge is 0.323 e. The van der Waals surface area contributed by atoms with Gasteiger partial charge in [0.15, 0.2) is 0 Å². The summed E-state index contributed by atoms with van der Waals surface area (Å²) in [6.07, 6.45) is 4.53. The Morgan fingerprint density at radius 2 is 2.45 bits per heavy atom. The molecule has 0 spiro atoms. The van der Waals surface area contributed by atoms with Crippen molar-refractivity contribution in [2.24, 2.45) is 11.7 Å². The van der Waals surface area contributed by atoms with Gasteiger partial charge in [0.1, 0.15) is 0 Å². The third-order valence-electron chi connectivity index (χ3n) is 2.10. The molecular weight excluding hydrogens is 156 g/mol. The molecule has 0 aromatic carbocycles. The SMILES string of the molecule is Cc1ncc(C(N)C2CC2)s1. The number of thiazole rings is 1. The lowest BCUT2D eigenvalue weighted by Gasteiger charge is -2.04. The van der Waals surface area contributed by atoms with E-state index in [0.29, 0.717) is 0 Å². The number of nitrogens with zero attached hydrogens (tertiary/aromatic N) is 1. The van der Waals surface area contributed by atoms with Gasteiger partial charge < -0.3 is 5.73 Å². The van der Waals surface area contributed by atoms with E-state index in [1.165, 1.54) is 17.7 Å². The first-order valence-corrected chi connectivity index (χ1v) is 4.77. The summed E-state index contributed by atoms with van der Waals surface area (Å²) < 4.78 is 0. The van der Waals surface area contributed by atoms with Crippen LogP contribution >= 0.6 is 11.3 Å². The highest BCUT2D eigenvalue weighted by molar-refractivity contribution is 7.11. The third kappa shape index (κ3) is 1.44. The topological polar surface area (TPSA) is 38.9 Å². The van der Waals surface area contributed by atoms with Crippen LogP contribution < -0.4 is 5.73 Å². The predicted molar refractivity (Wildman–Crippen MR) is 46.5 cm³/mol. The first kappa shape index (κ1) is 7.25. The van der Waals surface area contributed by atoms with Gasteiger partial charge in [-0.1, -0.05) is 0 Å². The predicted octanol–water partition coefficient (Wildman–Crippen LogP) is 1.86. The van der Waals surface area contributed by atoms with Crippen molar-refractivity contribution in [3.63, 3.8) is 0 Å². The van der Waals surface area contributed by atoms with Crippen LogP contribution in [-0.2, 0) is 0 Å². The summed E-state index contributed by atoms with van der Waals surface area (Å²) in [5, 5.41) is 1.12. The van der Waals surface area contributed by atoms with Crippen molar-refractivity contribution in [2.45, 2.75) is 25.8 Å². The molecule has 1 aromatic heterocycles. The van der Waals surface area contributed by atoms with Gasteiger partial charge in [0.2, 0.25) is 0 Å². The summed E-state index contributed by atoms with van der Waals surface area (Å²) >= 11 is 1.73. The van der Waals surface area contributed by atoms with Gasteiger partial charge in [0.05, 0.1) is 5.01 Å². The summed E-state index contributed by atoms with van der Waals surface area (Å²) in [5.41, 5.74) is 5.98. The second-order valence-electron chi connectivity index (χ2n) is 3.14. The van der Waals surface area contributed by atoms with E-state index in [4.69, 9.17) is 5.73 Å². The molecule has 1 atom stereocenters. The zero-order chi connectivity index (χ0) is 7.84. The molecule has 1 fully saturated rings. The molecule has 2 rings (SSSR count). The Labute approximate surface area is 70.5 Å². The number of hydrogen-bond acceptors (Lipinski definition) is 3. The van der Waals surface area contributed by atoms with Crippen molar-refractivity contribution in [3.05, 3.63) is 16.1 Å². The zero-order valence-electron chi connectivity index (χ0n) is 6.58. The van der Waals surface area contributed by atoms with Crippen LogP contribution in [0, 0.1) is 12.8 Å². The fourth-order valence-electron chi connectivity index (χ4n) is 1.22. The Hall–Kier alpha value is -0.410. The summed E-state index contributed by atoms with van der Waals surface area (Å²) in [6.45, 7) is 2.02. The van der Waals surface area contributed by atoms with Crippen LogP contribution in [0.3, 0.4) is 0 Å². The minimum atomic E-state index is 0.265. The van der Waals surface area contributed by atoms with Gasteiger partial charge in [-0.3, -0.25) is 0 Å². The number of aromatic nitrogens is 1. The molecule has 1 aliphatic carbocycles. The molecule has 3 heteroatoms.